The maximum atomic E-state index is 9.89. The normalized spacial score (nSPS) is 14.9. The molecular weight excluding hydrogens is 238 g/mol. The van der Waals surface area contributed by atoms with Crippen molar-refractivity contribution in [3.8, 4) is 0 Å². The van der Waals surface area contributed by atoms with Gasteiger partial charge in [0.15, 0.2) is 0 Å². The summed E-state index contributed by atoms with van der Waals surface area (Å²) in [7, 11) is 0. The summed E-state index contributed by atoms with van der Waals surface area (Å²) in [6.07, 6.45) is -0.308. The van der Waals surface area contributed by atoms with Gasteiger partial charge in [-0.1, -0.05) is 44.2 Å². The van der Waals surface area contributed by atoms with Crippen molar-refractivity contribution >= 4 is 0 Å². The van der Waals surface area contributed by atoms with Gasteiger partial charge in [-0.3, -0.25) is 0 Å². The van der Waals surface area contributed by atoms with Crippen LogP contribution in [0.5, 0.6) is 0 Å². The molecule has 0 aliphatic rings. The van der Waals surface area contributed by atoms with Crippen LogP contribution in [0.1, 0.15) is 39.3 Å². The molecule has 2 N–H and O–H groups in total. The smallest absolute Gasteiger partial charge is 0.0898 e. The van der Waals surface area contributed by atoms with Gasteiger partial charge in [0.1, 0.15) is 0 Å². The van der Waals surface area contributed by atoms with Crippen LogP contribution in [0.2, 0.25) is 0 Å². The Balaban J connectivity index is 2.47. The Morgan fingerprint density at radius 2 is 1.74 bits per heavy atom. The van der Waals surface area contributed by atoms with E-state index in [1.807, 2.05) is 32.0 Å². The van der Waals surface area contributed by atoms with Crippen molar-refractivity contribution in [3.63, 3.8) is 0 Å². The summed E-state index contributed by atoms with van der Waals surface area (Å²) in [6.45, 7) is 9.24. The number of rotatable bonds is 8. The molecule has 1 aromatic rings. The minimum atomic E-state index is -0.465. The Morgan fingerprint density at radius 1 is 1.11 bits per heavy atom. The molecule has 108 valence electrons. The van der Waals surface area contributed by atoms with E-state index in [0.717, 1.165) is 0 Å². The molecule has 0 aliphatic heterocycles. The van der Waals surface area contributed by atoms with E-state index in [9.17, 15) is 5.11 Å². The molecule has 0 saturated carbocycles. The number of hydrogen-bond donors (Lipinski definition) is 2. The highest BCUT2D eigenvalue weighted by atomic mass is 16.5. The zero-order valence-electron chi connectivity index (χ0n) is 12.5. The Morgan fingerprint density at radius 3 is 2.26 bits per heavy atom. The second kappa shape index (κ2) is 8.31. The number of aliphatic hydroxyl groups is 1. The highest BCUT2D eigenvalue weighted by Crippen LogP contribution is 2.21. The van der Waals surface area contributed by atoms with Gasteiger partial charge in [0.2, 0.25) is 0 Å². The van der Waals surface area contributed by atoms with E-state index >= 15 is 0 Å². The Labute approximate surface area is 117 Å². The molecule has 2 unspecified atom stereocenters. The molecule has 3 heteroatoms. The van der Waals surface area contributed by atoms with E-state index in [1.165, 1.54) is 5.56 Å². The first kappa shape index (κ1) is 16.2. The van der Waals surface area contributed by atoms with Gasteiger partial charge in [-0.05, 0) is 25.3 Å². The Bertz CT molecular complexity index is 338. The Kier molecular flexibility index (Phi) is 7.06. The zero-order valence-corrected chi connectivity index (χ0v) is 12.5. The molecule has 3 nitrogen and oxygen atoms in total. The Hall–Kier alpha value is -0.900. The minimum Gasteiger partial charge on any atom is -0.389 e. The van der Waals surface area contributed by atoms with Crippen LogP contribution in [-0.2, 0) is 4.74 Å². The predicted octanol–water partition coefficient (Wildman–Crippen LogP) is 2.76. The molecule has 0 aliphatic carbocycles. The molecule has 0 bridgehead atoms. The van der Waals surface area contributed by atoms with Crippen LogP contribution in [0.15, 0.2) is 30.3 Å². The summed E-state index contributed by atoms with van der Waals surface area (Å²) in [5.41, 5.74) is 1.26. The summed E-state index contributed by atoms with van der Waals surface area (Å²) in [4.78, 5) is 0. The van der Waals surface area contributed by atoms with Crippen molar-refractivity contribution in [3.05, 3.63) is 35.9 Å². The van der Waals surface area contributed by atoms with E-state index in [0.29, 0.717) is 19.1 Å². The third kappa shape index (κ3) is 6.19. The summed E-state index contributed by atoms with van der Waals surface area (Å²) in [5, 5.41) is 13.3. The number of benzene rings is 1. The van der Waals surface area contributed by atoms with Crippen molar-refractivity contribution < 1.29 is 9.84 Å². The van der Waals surface area contributed by atoms with E-state index in [2.05, 4.69) is 31.3 Å². The van der Waals surface area contributed by atoms with Crippen LogP contribution in [0.4, 0.5) is 0 Å². The van der Waals surface area contributed by atoms with E-state index in [4.69, 9.17) is 4.74 Å². The number of hydrogen-bond acceptors (Lipinski definition) is 3. The second-order valence-corrected chi connectivity index (χ2v) is 5.58. The molecule has 0 aromatic heterocycles. The molecule has 1 rings (SSSR count). The van der Waals surface area contributed by atoms with Crippen LogP contribution >= 0.6 is 0 Å². The highest BCUT2D eigenvalue weighted by Gasteiger charge is 2.16. The summed E-state index contributed by atoms with van der Waals surface area (Å²) >= 11 is 0. The molecule has 0 spiro atoms. The first-order valence-corrected chi connectivity index (χ1v) is 7.08. The number of ether oxygens (including phenoxy) is 1. The quantitative estimate of drug-likeness (QED) is 0.759. The second-order valence-electron chi connectivity index (χ2n) is 5.58. The average Bonchev–Trinajstić information content (AvgIpc) is 2.37. The fourth-order valence-electron chi connectivity index (χ4n) is 2.02. The van der Waals surface area contributed by atoms with Crippen LogP contribution in [0.3, 0.4) is 0 Å². The summed E-state index contributed by atoms with van der Waals surface area (Å²) in [5.74, 6) is 0.473. The fraction of sp³-hybridized carbons (Fsp3) is 0.625. The molecule has 0 amide bonds. The van der Waals surface area contributed by atoms with Crippen LogP contribution in [-0.4, -0.2) is 30.5 Å². The maximum absolute atomic E-state index is 9.89. The van der Waals surface area contributed by atoms with Crippen molar-refractivity contribution in [1.82, 2.24) is 5.32 Å². The lowest BCUT2D eigenvalue weighted by molar-refractivity contribution is 0.00488. The first-order chi connectivity index (χ1) is 9.00. The van der Waals surface area contributed by atoms with Crippen molar-refractivity contribution in [2.24, 2.45) is 5.92 Å². The molecule has 0 saturated heterocycles. The number of aliphatic hydroxyl groups excluding tert-OH is 1. The van der Waals surface area contributed by atoms with Crippen LogP contribution in [0.25, 0.3) is 0 Å². The summed E-state index contributed by atoms with van der Waals surface area (Å²) in [6, 6.07) is 10.6. The van der Waals surface area contributed by atoms with Gasteiger partial charge >= 0.3 is 0 Å². The minimum absolute atomic E-state index is 0.157. The lowest BCUT2D eigenvalue weighted by Crippen LogP contribution is -2.35. The summed E-state index contributed by atoms with van der Waals surface area (Å²) < 4.78 is 5.41. The molecular formula is C16H27NO2. The van der Waals surface area contributed by atoms with Gasteiger partial charge in [-0.2, -0.15) is 0 Å². The van der Waals surface area contributed by atoms with Gasteiger partial charge < -0.3 is 15.2 Å². The van der Waals surface area contributed by atoms with Gasteiger partial charge in [0, 0.05) is 12.6 Å². The van der Waals surface area contributed by atoms with Crippen molar-refractivity contribution in [2.45, 2.75) is 45.9 Å². The van der Waals surface area contributed by atoms with Gasteiger partial charge in [0.25, 0.3) is 0 Å². The van der Waals surface area contributed by atoms with E-state index in [-0.39, 0.29) is 12.1 Å². The highest BCUT2D eigenvalue weighted by molar-refractivity contribution is 5.19. The fourth-order valence-corrected chi connectivity index (χ4v) is 2.02. The number of nitrogens with one attached hydrogen (secondary N) is 1. The molecule has 2 atom stereocenters. The van der Waals surface area contributed by atoms with E-state index in [1.54, 1.807) is 0 Å². The van der Waals surface area contributed by atoms with Gasteiger partial charge in [-0.25, -0.2) is 0 Å². The predicted molar refractivity (Wildman–Crippen MR) is 79.1 cm³/mol. The molecule has 0 heterocycles. The van der Waals surface area contributed by atoms with Gasteiger partial charge in [-0.15, -0.1) is 0 Å². The third-order valence-electron chi connectivity index (χ3n) is 3.02. The SMILES string of the molecule is CC(C)OCC(O)CNC(c1ccccc1)C(C)C. The van der Waals surface area contributed by atoms with Crippen molar-refractivity contribution in [1.29, 1.82) is 0 Å². The average molecular weight is 265 g/mol. The standard InChI is InChI=1S/C16H27NO2/c1-12(2)16(14-8-6-5-7-9-14)17-10-15(18)11-19-13(3)4/h5-9,12-13,15-18H,10-11H2,1-4H3. The molecule has 0 fully saturated rings. The third-order valence-corrected chi connectivity index (χ3v) is 3.02. The maximum Gasteiger partial charge on any atom is 0.0898 e. The first-order valence-electron chi connectivity index (χ1n) is 7.08. The van der Waals surface area contributed by atoms with Crippen LogP contribution < -0.4 is 5.32 Å². The lowest BCUT2D eigenvalue weighted by atomic mass is 9.96. The van der Waals surface area contributed by atoms with E-state index < -0.39 is 6.10 Å². The lowest BCUT2D eigenvalue weighted by Gasteiger charge is -2.24. The zero-order chi connectivity index (χ0) is 14.3. The van der Waals surface area contributed by atoms with Crippen molar-refractivity contribution in [2.75, 3.05) is 13.2 Å². The largest absolute Gasteiger partial charge is 0.389 e. The molecule has 1 aromatic carbocycles. The molecule has 0 radical (unpaired) electrons. The topological polar surface area (TPSA) is 41.5 Å². The monoisotopic (exact) mass is 265 g/mol. The van der Waals surface area contributed by atoms with Gasteiger partial charge in [0.05, 0.1) is 18.8 Å². The molecule has 19 heavy (non-hydrogen) atoms. The van der Waals surface area contributed by atoms with Crippen LogP contribution in [0, 0.1) is 5.92 Å².